The molecule has 2 heterocycles. The number of thiazole rings is 1. The summed E-state index contributed by atoms with van der Waals surface area (Å²) in [5.74, 6) is 1.70. The van der Waals surface area contributed by atoms with Gasteiger partial charge in [0.2, 0.25) is 0 Å². The second kappa shape index (κ2) is 4.28. The van der Waals surface area contributed by atoms with Gasteiger partial charge in [-0.25, -0.2) is 4.98 Å². The summed E-state index contributed by atoms with van der Waals surface area (Å²) >= 11 is 7.13. The summed E-state index contributed by atoms with van der Waals surface area (Å²) in [6.45, 7) is 6.29. The minimum atomic E-state index is 0.220. The Hall–Kier alpha value is -1.01. The van der Waals surface area contributed by atoms with Crippen LogP contribution in [-0.2, 0) is 0 Å². The standard InChI is InChI=1S/C12H16N4S2/c1-6-10(18-8(3)13-6)7(2)16-11(9-4-5-9)14-15-12(16)17/h7,9H,4-5H2,1-3H3,(H,15,17). The summed E-state index contributed by atoms with van der Waals surface area (Å²) < 4.78 is 2.88. The Morgan fingerprint density at radius 3 is 2.72 bits per heavy atom. The third-order valence-corrected chi connectivity index (χ3v) is 4.91. The van der Waals surface area contributed by atoms with Crippen molar-refractivity contribution in [2.75, 3.05) is 0 Å². The van der Waals surface area contributed by atoms with Gasteiger partial charge >= 0.3 is 0 Å². The Bertz CT molecular complexity index is 633. The molecule has 1 unspecified atom stereocenters. The Balaban J connectivity index is 2.06. The number of aryl methyl sites for hydroxylation is 2. The van der Waals surface area contributed by atoms with E-state index >= 15 is 0 Å². The Morgan fingerprint density at radius 2 is 2.17 bits per heavy atom. The van der Waals surface area contributed by atoms with Crippen LogP contribution in [0.1, 0.15) is 53.1 Å². The van der Waals surface area contributed by atoms with Gasteiger partial charge in [-0.05, 0) is 45.8 Å². The number of hydrogen-bond acceptors (Lipinski definition) is 4. The normalized spacial score (nSPS) is 17.1. The zero-order chi connectivity index (χ0) is 12.9. The highest BCUT2D eigenvalue weighted by Gasteiger charge is 2.31. The minimum absolute atomic E-state index is 0.220. The quantitative estimate of drug-likeness (QED) is 0.875. The van der Waals surface area contributed by atoms with E-state index < -0.39 is 0 Å². The monoisotopic (exact) mass is 280 g/mol. The number of aromatic amines is 1. The van der Waals surface area contributed by atoms with Crippen LogP contribution in [0.25, 0.3) is 0 Å². The van der Waals surface area contributed by atoms with Gasteiger partial charge < -0.3 is 0 Å². The van der Waals surface area contributed by atoms with Crippen molar-refractivity contribution in [2.45, 2.75) is 45.6 Å². The average molecular weight is 280 g/mol. The Kier molecular flexibility index (Phi) is 2.86. The summed E-state index contributed by atoms with van der Waals surface area (Å²) in [5, 5.41) is 8.43. The fourth-order valence-electron chi connectivity index (χ4n) is 2.37. The fourth-order valence-corrected chi connectivity index (χ4v) is 3.64. The summed E-state index contributed by atoms with van der Waals surface area (Å²) in [5.41, 5.74) is 1.11. The van der Waals surface area contributed by atoms with Gasteiger partial charge in [0.25, 0.3) is 0 Å². The molecule has 0 spiro atoms. The first-order valence-electron chi connectivity index (χ1n) is 6.18. The number of H-pyrrole nitrogens is 1. The van der Waals surface area contributed by atoms with Gasteiger partial charge in [-0.1, -0.05) is 0 Å². The third-order valence-electron chi connectivity index (χ3n) is 3.38. The van der Waals surface area contributed by atoms with Gasteiger partial charge in [0.15, 0.2) is 4.77 Å². The number of aromatic nitrogens is 4. The molecule has 0 aromatic carbocycles. The first kappa shape index (κ1) is 12.0. The van der Waals surface area contributed by atoms with E-state index in [-0.39, 0.29) is 6.04 Å². The molecule has 1 aliphatic rings. The van der Waals surface area contributed by atoms with Crippen molar-refractivity contribution in [3.05, 3.63) is 26.2 Å². The van der Waals surface area contributed by atoms with Gasteiger partial charge in [0.05, 0.1) is 21.6 Å². The molecule has 1 atom stereocenters. The van der Waals surface area contributed by atoms with Crippen molar-refractivity contribution in [3.63, 3.8) is 0 Å². The predicted molar refractivity (Wildman–Crippen MR) is 74.8 cm³/mol. The molecular formula is C12H16N4S2. The van der Waals surface area contributed by atoms with Crippen molar-refractivity contribution in [1.82, 2.24) is 19.7 Å². The lowest BCUT2D eigenvalue weighted by molar-refractivity contribution is 0.600. The van der Waals surface area contributed by atoms with E-state index in [1.54, 1.807) is 11.3 Å². The fraction of sp³-hybridized carbons (Fsp3) is 0.583. The molecule has 1 fully saturated rings. The number of nitrogens with zero attached hydrogens (tertiary/aromatic N) is 3. The zero-order valence-electron chi connectivity index (χ0n) is 10.7. The highest BCUT2D eigenvalue weighted by atomic mass is 32.1. The second-order valence-corrected chi connectivity index (χ2v) is 6.51. The summed E-state index contributed by atoms with van der Waals surface area (Å²) in [6, 6.07) is 0.220. The van der Waals surface area contributed by atoms with Crippen LogP contribution in [0.3, 0.4) is 0 Å². The Morgan fingerprint density at radius 1 is 1.44 bits per heavy atom. The van der Waals surface area contributed by atoms with Crippen LogP contribution in [0.4, 0.5) is 0 Å². The van der Waals surface area contributed by atoms with Crippen LogP contribution in [-0.4, -0.2) is 19.7 Å². The highest BCUT2D eigenvalue weighted by molar-refractivity contribution is 7.71. The maximum Gasteiger partial charge on any atom is 0.195 e. The van der Waals surface area contributed by atoms with Crippen LogP contribution in [0.15, 0.2) is 0 Å². The molecule has 0 saturated heterocycles. The molecule has 18 heavy (non-hydrogen) atoms. The van der Waals surface area contributed by atoms with Crippen molar-refractivity contribution in [1.29, 1.82) is 0 Å². The predicted octanol–water partition coefficient (Wildman–Crippen LogP) is 3.50. The largest absolute Gasteiger partial charge is 0.296 e. The third kappa shape index (κ3) is 1.93. The van der Waals surface area contributed by atoms with Gasteiger partial charge in [-0.15, -0.1) is 11.3 Å². The summed E-state index contributed by atoms with van der Waals surface area (Å²) in [6.07, 6.45) is 2.46. The molecule has 1 aliphatic carbocycles. The lowest BCUT2D eigenvalue weighted by atomic mass is 10.2. The van der Waals surface area contributed by atoms with E-state index in [4.69, 9.17) is 12.2 Å². The number of hydrogen-bond donors (Lipinski definition) is 1. The molecule has 0 amide bonds. The van der Waals surface area contributed by atoms with Crippen LogP contribution in [0.5, 0.6) is 0 Å². The van der Waals surface area contributed by atoms with Crippen molar-refractivity contribution in [2.24, 2.45) is 0 Å². The smallest absolute Gasteiger partial charge is 0.195 e. The first-order chi connectivity index (χ1) is 8.58. The van der Waals surface area contributed by atoms with E-state index in [1.807, 2.05) is 6.92 Å². The Labute approximate surface area is 115 Å². The zero-order valence-corrected chi connectivity index (χ0v) is 12.4. The lowest BCUT2D eigenvalue weighted by Gasteiger charge is -2.14. The molecule has 2 aromatic heterocycles. The molecule has 4 nitrogen and oxygen atoms in total. The van der Waals surface area contributed by atoms with Crippen LogP contribution < -0.4 is 0 Å². The van der Waals surface area contributed by atoms with Gasteiger partial charge in [-0.3, -0.25) is 9.67 Å². The van der Waals surface area contributed by atoms with Crippen LogP contribution >= 0.6 is 23.6 Å². The van der Waals surface area contributed by atoms with E-state index in [1.165, 1.54) is 17.7 Å². The number of nitrogens with one attached hydrogen (secondary N) is 1. The molecule has 0 aliphatic heterocycles. The lowest BCUT2D eigenvalue weighted by Crippen LogP contribution is -2.10. The highest BCUT2D eigenvalue weighted by Crippen LogP contribution is 2.41. The molecule has 96 valence electrons. The van der Waals surface area contributed by atoms with Crippen molar-refractivity contribution in [3.8, 4) is 0 Å². The SMILES string of the molecule is Cc1nc(C)c(C(C)n2c(C3CC3)n[nH]c2=S)s1. The van der Waals surface area contributed by atoms with E-state index in [2.05, 4.69) is 33.6 Å². The number of rotatable bonds is 3. The maximum absolute atomic E-state index is 5.38. The molecule has 2 aromatic rings. The molecule has 1 N–H and O–H groups in total. The first-order valence-corrected chi connectivity index (χ1v) is 7.41. The van der Waals surface area contributed by atoms with E-state index in [9.17, 15) is 0 Å². The molecule has 0 bridgehead atoms. The van der Waals surface area contributed by atoms with E-state index in [0.717, 1.165) is 21.3 Å². The molecule has 6 heteroatoms. The van der Waals surface area contributed by atoms with Crippen LogP contribution in [0, 0.1) is 18.6 Å². The average Bonchev–Trinajstić information content (AvgIpc) is 3.01. The van der Waals surface area contributed by atoms with Crippen LogP contribution in [0.2, 0.25) is 0 Å². The van der Waals surface area contributed by atoms with Crippen molar-refractivity contribution < 1.29 is 0 Å². The van der Waals surface area contributed by atoms with E-state index in [0.29, 0.717) is 5.92 Å². The van der Waals surface area contributed by atoms with Crippen molar-refractivity contribution >= 4 is 23.6 Å². The summed E-state index contributed by atoms with van der Waals surface area (Å²) in [7, 11) is 0. The molecule has 0 radical (unpaired) electrons. The molecular weight excluding hydrogens is 264 g/mol. The topological polar surface area (TPSA) is 46.5 Å². The van der Waals surface area contributed by atoms with Gasteiger partial charge in [0, 0.05) is 5.92 Å². The summed E-state index contributed by atoms with van der Waals surface area (Å²) in [4.78, 5) is 5.79. The second-order valence-electron chi connectivity index (χ2n) is 4.89. The molecule has 3 rings (SSSR count). The van der Waals surface area contributed by atoms with Gasteiger partial charge in [-0.2, -0.15) is 5.10 Å². The maximum atomic E-state index is 5.38. The molecule has 1 saturated carbocycles. The minimum Gasteiger partial charge on any atom is -0.296 e. The van der Waals surface area contributed by atoms with Gasteiger partial charge in [0.1, 0.15) is 5.82 Å².